The smallest absolute Gasteiger partial charge is 0.247 e. The van der Waals surface area contributed by atoms with Crippen molar-refractivity contribution < 1.29 is 14.0 Å². The van der Waals surface area contributed by atoms with Crippen molar-refractivity contribution in [3.8, 4) is 16.9 Å². The zero-order valence-electron chi connectivity index (χ0n) is 20.1. The molecule has 11 nitrogen and oxygen atoms in total. The van der Waals surface area contributed by atoms with Crippen LogP contribution < -0.4 is 5.32 Å². The number of nitrogens with zero attached hydrogens (tertiary/aromatic N) is 7. The quantitative estimate of drug-likeness (QED) is 0.399. The van der Waals surface area contributed by atoms with Crippen LogP contribution in [0.3, 0.4) is 0 Å². The first kappa shape index (κ1) is 23.9. The number of fused-ring (bicyclic) bond motifs is 1. The normalized spacial score (nSPS) is 18.9. The summed E-state index contributed by atoms with van der Waals surface area (Å²) in [6, 6.07) is 6.58. The molecular formula is C25H21ClFN9O2. The van der Waals surface area contributed by atoms with Crippen LogP contribution in [0.4, 0.5) is 10.2 Å². The first-order valence-electron chi connectivity index (χ1n) is 11.9. The number of carbonyl (C=O) groups excluding carboxylic acids is 2. The van der Waals surface area contributed by atoms with Crippen LogP contribution in [0.15, 0.2) is 49.1 Å². The largest absolute Gasteiger partial charge is 0.340 e. The van der Waals surface area contributed by atoms with Crippen LogP contribution in [0.1, 0.15) is 43.6 Å². The number of amides is 2. The lowest BCUT2D eigenvalue weighted by Gasteiger charge is -2.33. The number of halogens is 2. The summed E-state index contributed by atoms with van der Waals surface area (Å²) in [7, 11) is 0. The Morgan fingerprint density at radius 2 is 2.08 bits per heavy atom. The summed E-state index contributed by atoms with van der Waals surface area (Å²) in [4.78, 5) is 38.2. The molecule has 0 saturated carbocycles. The van der Waals surface area contributed by atoms with Gasteiger partial charge in [0.2, 0.25) is 11.8 Å². The van der Waals surface area contributed by atoms with E-state index in [4.69, 9.17) is 11.6 Å². The summed E-state index contributed by atoms with van der Waals surface area (Å²) in [6.45, 7) is 1.28. The number of aromatic nitrogens is 7. The minimum atomic E-state index is -0.663. The topological polar surface area (TPSA) is 135 Å². The second-order valence-corrected chi connectivity index (χ2v) is 9.60. The molecule has 2 aliphatic rings. The van der Waals surface area contributed by atoms with Crippen molar-refractivity contribution in [1.82, 2.24) is 40.1 Å². The highest BCUT2D eigenvalue weighted by atomic mass is 35.5. The predicted octanol–water partition coefficient (Wildman–Crippen LogP) is 3.72. The molecule has 0 spiro atoms. The molecule has 2 aliphatic heterocycles. The molecular weight excluding hydrogens is 513 g/mol. The van der Waals surface area contributed by atoms with Crippen molar-refractivity contribution in [2.75, 3.05) is 5.32 Å². The fraction of sp³-hybridized carbons (Fsp3) is 0.240. The third-order valence-corrected chi connectivity index (χ3v) is 7.03. The van der Waals surface area contributed by atoms with Gasteiger partial charge >= 0.3 is 0 Å². The number of pyridine rings is 1. The molecule has 1 unspecified atom stereocenters. The number of imidazole rings is 1. The fourth-order valence-electron chi connectivity index (χ4n) is 5.19. The van der Waals surface area contributed by atoms with Gasteiger partial charge in [0.05, 0.1) is 23.6 Å². The number of H-pyrrole nitrogens is 1. The maximum atomic E-state index is 15.0. The van der Waals surface area contributed by atoms with Crippen molar-refractivity contribution in [3.63, 3.8) is 0 Å². The molecule has 4 aromatic rings. The molecule has 5 heterocycles. The monoisotopic (exact) mass is 533 g/mol. The van der Waals surface area contributed by atoms with Crippen molar-refractivity contribution >= 4 is 34.8 Å². The second kappa shape index (κ2) is 9.45. The molecule has 13 heteroatoms. The van der Waals surface area contributed by atoms with Crippen LogP contribution >= 0.6 is 11.6 Å². The molecule has 2 N–H and O–H groups in total. The van der Waals surface area contributed by atoms with Crippen LogP contribution in [0, 0.1) is 5.82 Å². The van der Waals surface area contributed by atoms with Gasteiger partial charge < -0.3 is 15.2 Å². The van der Waals surface area contributed by atoms with E-state index >= 15 is 0 Å². The van der Waals surface area contributed by atoms with Crippen molar-refractivity contribution in [3.05, 3.63) is 71.3 Å². The number of hydrogen-bond donors (Lipinski definition) is 2. The Morgan fingerprint density at radius 3 is 2.87 bits per heavy atom. The number of aromatic amines is 1. The molecule has 1 aromatic carbocycles. The van der Waals surface area contributed by atoms with E-state index in [9.17, 15) is 14.0 Å². The Labute approximate surface area is 220 Å². The molecule has 1 saturated heterocycles. The number of carbonyl (C=O) groups is 2. The molecule has 0 aliphatic carbocycles. The highest BCUT2D eigenvalue weighted by Gasteiger charge is 2.41. The lowest BCUT2D eigenvalue weighted by atomic mass is 9.92. The first-order chi connectivity index (χ1) is 18.4. The van der Waals surface area contributed by atoms with E-state index in [2.05, 4.69) is 35.8 Å². The van der Waals surface area contributed by atoms with Crippen LogP contribution in [0.25, 0.3) is 22.5 Å². The average Bonchev–Trinajstić information content (AvgIpc) is 3.66. The van der Waals surface area contributed by atoms with Crippen molar-refractivity contribution in [2.24, 2.45) is 0 Å². The maximum absolute atomic E-state index is 15.0. The Morgan fingerprint density at radius 1 is 1.21 bits per heavy atom. The Balaban J connectivity index is 1.29. The van der Waals surface area contributed by atoms with Crippen LogP contribution in [0.5, 0.6) is 0 Å². The van der Waals surface area contributed by atoms with E-state index in [0.29, 0.717) is 29.4 Å². The average molecular weight is 534 g/mol. The van der Waals surface area contributed by atoms with Gasteiger partial charge in [0, 0.05) is 41.4 Å². The Kier molecular flexibility index (Phi) is 5.95. The standard InChI is InChI=1S/C25H21ClFN9O2/c1-13(37)31-25-23(27)17(6-7-28-25)19-11-29-24(32-19)21-5-3-16-8-14(9-22(38)36(16)21)18-10-15(26)2-4-20(18)35-12-30-33-34-35/h2,4,6-7,9-12,16,21H,3,5,8H2,1H3,(H,29,32)(H,28,31,37)/t16-,21?/m1/s1. The van der Waals surface area contributed by atoms with E-state index < -0.39 is 11.7 Å². The van der Waals surface area contributed by atoms with Gasteiger partial charge in [0.25, 0.3) is 0 Å². The molecule has 38 heavy (non-hydrogen) atoms. The summed E-state index contributed by atoms with van der Waals surface area (Å²) in [5.41, 5.74) is 3.04. The summed E-state index contributed by atoms with van der Waals surface area (Å²) in [5.74, 6) is -0.805. The minimum absolute atomic E-state index is 0.0363. The van der Waals surface area contributed by atoms with Gasteiger partial charge in [-0.05, 0) is 59.5 Å². The van der Waals surface area contributed by atoms with Crippen LogP contribution in [-0.2, 0) is 9.59 Å². The highest BCUT2D eigenvalue weighted by Crippen LogP contribution is 2.43. The van der Waals surface area contributed by atoms with Gasteiger partial charge in [-0.15, -0.1) is 5.10 Å². The van der Waals surface area contributed by atoms with Gasteiger partial charge in [-0.3, -0.25) is 9.59 Å². The number of anilines is 1. The van der Waals surface area contributed by atoms with Crippen LogP contribution in [0.2, 0.25) is 5.02 Å². The summed E-state index contributed by atoms with van der Waals surface area (Å²) in [5, 5.41) is 14.3. The molecule has 0 radical (unpaired) electrons. The van der Waals surface area contributed by atoms with E-state index in [0.717, 1.165) is 23.2 Å². The fourth-order valence-corrected chi connectivity index (χ4v) is 5.37. The van der Waals surface area contributed by atoms with E-state index in [1.165, 1.54) is 31.7 Å². The molecule has 3 aromatic heterocycles. The molecule has 0 bridgehead atoms. The second-order valence-electron chi connectivity index (χ2n) is 9.17. The van der Waals surface area contributed by atoms with E-state index in [1.807, 2.05) is 17.0 Å². The minimum Gasteiger partial charge on any atom is -0.340 e. The summed E-state index contributed by atoms with van der Waals surface area (Å²) in [6.07, 6.45) is 8.17. The third-order valence-electron chi connectivity index (χ3n) is 6.80. The van der Waals surface area contributed by atoms with Gasteiger partial charge in [-0.2, -0.15) is 4.68 Å². The van der Waals surface area contributed by atoms with Crippen LogP contribution in [-0.4, -0.2) is 57.9 Å². The molecule has 2 atom stereocenters. The van der Waals surface area contributed by atoms with E-state index in [1.54, 1.807) is 16.8 Å². The van der Waals surface area contributed by atoms with Crippen molar-refractivity contribution in [1.29, 1.82) is 0 Å². The molecule has 192 valence electrons. The van der Waals surface area contributed by atoms with Gasteiger partial charge in [0.1, 0.15) is 12.2 Å². The third kappa shape index (κ3) is 4.22. The number of hydrogen-bond acceptors (Lipinski definition) is 7. The molecule has 2 amide bonds. The Hall–Kier alpha value is -4.45. The molecule has 6 rings (SSSR count). The predicted molar refractivity (Wildman–Crippen MR) is 135 cm³/mol. The lowest BCUT2D eigenvalue weighted by Crippen LogP contribution is -2.39. The summed E-state index contributed by atoms with van der Waals surface area (Å²) < 4.78 is 16.5. The van der Waals surface area contributed by atoms with E-state index in [-0.39, 0.29) is 29.4 Å². The lowest BCUT2D eigenvalue weighted by molar-refractivity contribution is -0.129. The first-order valence-corrected chi connectivity index (χ1v) is 12.3. The van der Waals surface area contributed by atoms with Gasteiger partial charge in [-0.25, -0.2) is 14.4 Å². The Bertz CT molecular complexity index is 1580. The molecule has 1 fully saturated rings. The SMILES string of the molecule is CC(=O)Nc1nccc(-c2cnc(C3CC[C@@H]4CC(c5cc(Cl)ccc5-n5cnnn5)=CC(=O)N34)[nH]2)c1F. The maximum Gasteiger partial charge on any atom is 0.247 e. The van der Waals surface area contributed by atoms with Crippen molar-refractivity contribution in [2.45, 2.75) is 38.3 Å². The number of tetrazole rings is 1. The number of benzene rings is 1. The number of nitrogens with one attached hydrogen (secondary N) is 2. The highest BCUT2D eigenvalue weighted by molar-refractivity contribution is 6.30. The number of rotatable bonds is 5. The zero-order valence-corrected chi connectivity index (χ0v) is 20.9. The van der Waals surface area contributed by atoms with Gasteiger partial charge in [-0.1, -0.05) is 11.6 Å². The zero-order chi connectivity index (χ0) is 26.4. The summed E-state index contributed by atoms with van der Waals surface area (Å²) >= 11 is 6.30. The van der Waals surface area contributed by atoms with Gasteiger partial charge in [0.15, 0.2) is 11.6 Å².